The summed E-state index contributed by atoms with van der Waals surface area (Å²) in [6, 6.07) is 5.44. The van der Waals surface area contributed by atoms with Crippen LogP contribution in [0.25, 0.3) is 10.1 Å². The first kappa shape index (κ1) is 9.68. The molecule has 0 N–H and O–H groups in total. The summed E-state index contributed by atoms with van der Waals surface area (Å²) in [5.41, 5.74) is 1.06. The molecule has 2 rings (SSSR count). The number of alkyl halides is 1. The molecule has 0 fully saturated rings. The van der Waals surface area contributed by atoms with Crippen LogP contribution in [0.4, 0.5) is 4.39 Å². The summed E-state index contributed by atoms with van der Waals surface area (Å²) in [6.07, 6.45) is 0. The first-order valence-corrected chi connectivity index (χ1v) is 6.07. The number of hydrogen-bond acceptors (Lipinski definition) is 1. The van der Waals surface area contributed by atoms with Crippen LogP contribution in [-0.4, -0.2) is 0 Å². The molecule has 68 valence electrons. The van der Waals surface area contributed by atoms with Gasteiger partial charge < -0.3 is 0 Å². The molecule has 0 bridgehead atoms. The number of rotatable bonds is 1. The lowest BCUT2D eigenvalue weighted by molar-refractivity contribution is 0.658. The fourth-order valence-electron chi connectivity index (χ4n) is 1.20. The second-order valence-corrected chi connectivity index (χ2v) is 5.01. The Morgan fingerprint density at radius 1 is 1.46 bits per heavy atom. The van der Waals surface area contributed by atoms with Crippen molar-refractivity contribution in [3.63, 3.8) is 0 Å². The van der Waals surface area contributed by atoms with E-state index in [4.69, 9.17) is 11.6 Å². The Kier molecular flexibility index (Phi) is 2.76. The summed E-state index contributed by atoms with van der Waals surface area (Å²) in [5.74, 6) is 0.478. The molecule has 4 heteroatoms. The molecular weight excluding hydrogens is 322 g/mol. The zero-order valence-electron chi connectivity index (χ0n) is 6.48. The van der Waals surface area contributed by atoms with E-state index in [2.05, 4.69) is 22.6 Å². The maximum atomic E-state index is 12.9. The monoisotopic (exact) mass is 326 g/mol. The number of fused-ring (bicyclic) bond motifs is 1. The average Bonchev–Trinajstić information content (AvgIpc) is 2.47. The molecule has 0 aliphatic rings. The Bertz CT molecular complexity index is 452. The summed E-state index contributed by atoms with van der Waals surface area (Å²) in [7, 11) is 0. The SMILES string of the molecule is Fc1cc2c(I)c(CCl)ccc2s1. The predicted octanol–water partition coefficient (Wildman–Crippen LogP) is 4.38. The van der Waals surface area contributed by atoms with E-state index in [1.54, 1.807) is 6.07 Å². The van der Waals surface area contributed by atoms with Crippen molar-refractivity contribution >= 4 is 55.6 Å². The Hall–Kier alpha value is 0.130. The van der Waals surface area contributed by atoms with E-state index in [0.29, 0.717) is 5.88 Å². The first-order chi connectivity index (χ1) is 6.22. The van der Waals surface area contributed by atoms with Crippen molar-refractivity contribution in [2.45, 2.75) is 5.88 Å². The molecule has 0 aliphatic heterocycles. The van der Waals surface area contributed by atoms with Gasteiger partial charge in [-0.15, -0.1) is 22.9 Å². The number of halogens is 3. The smallest absolute Gasteiger partial charge is 0.177 e. The zero-order chi connectivity index (χ0) is 9.42. The van der Waals surface area contributed by atoms with Gasteiger partial charge in [0.15, 0.2) is 5.13 Å². The third-order valence-electron chi connectivity index (χ3n) is 1.83. The Morgan fingerprint density at radius 2 is 2.23 bits per heavy atom. The molecule has 0 nitrogen and oxygen atoms in total. The summed E-state index contributed by atoms with van der Waals surface area (Å²) < 4.78 is 15.0. The lowest BCUT2D eigenvalue weighted by Gasteiger charge is -2.00. The van der Waals surface area contributed by atoms with E-state index < -0.39 is 0 Å². The molecule has 0 unspecified atom stereocenters. The summed E-state index contributed by atoms with van der Waals surface area (Å²) in [6.45, 7) is 0. The van der Waals surface area contributed by atoms with Crippen LogP contribution in [0.1, 0.15) is 5.56 Å². The summed E-state index contributed by atoms with van der Waals surface area (Å²) >= 11 is 9.12. The topological polar surface area (TPSA) is 0 Å². The molecule has 1 heterocycles. The van der Waals surface area contributed by atoms with E-state index in [-0.39, 0.29) is 5.13 Å². The Balaban J connectivity index is 2.78. The van der Waals surface area contributed by atoms with Crippen LogP contribution in [0.2, 0.25) is 0 Å². The standard InChI is InChI=1S/C9H5ClFIS/c10-4-5-1-2-7-6(9(5)12)3-8(11)13-7/h1-3H,4H2. The molecule has 1 aromatic carbocycles. The second-order valence-electron chi connectivity index (χ2n) is 2.63. The van der Waals surface area contributed by atoms with Crippen LogP contribution in [0.3, 0.4) is 0 Å². The third kappa shape index (κ3) is 1.69. The van der Waals surface area contributed by atoms with Crippen LogP contribution < -0.4 is 0 Å². The van der Waals surface area contributed by atoms with E-state index in [0.717, 1.165) is 19.2 Å². The largest absolute Gasteiger partial charge is 0.195 e. The predicted molar refractivity (Wildman–Crippen MR) is 64.1 cm³/mol. The minimum absolute atomic E-state index is 0.139. The van der Waals surface area contributed by atoms with Gasteiger partial charge in [-0.1, -0.05) is 6.07 Å². The van der Waals surface area contributed by atoms with Gasteiger partial charge >= 0.3 is 0 Å². The van der Waals surface area contributed by atoms with Crippen LogP contribution in [0.5, 0.6) is 0 Å². The maximum absolute atomic E-state index is 12.9. The van der Waals surface area contributed by atoms with E-state index >= 15 is 0 Å². The van der Waals surface area contributed by atoms with Gasteiger partial charge in [0.2, 0.25) is 0 Å². The Morgan fingerprint density at radius 3 is 2.92 bits per heavy atom. The highest BCUT2D eigenvalue weighted by molar-refractivity contribution is 14.1. The molecule has 0 atom stereocenters. The fourth-order valence-corrected chi connectivity index (χ4v) is 3.44. The fraction of sp³-hybridized carbons (Fsp3) is 0.111. The van der Waals surface area contributed by atoms with Crippen molar-refractivity contribution < 1.29 is 4.39 Å². The van der Waals surface area contributed by atoms with Gasteiger partial charge in [-0.05, 0) is 40.3 Å². The third-order valence-corrected chi connectivity index (χ3v) is 4.28. The molecular formula is C9H5ClFIS. The summed E-state index contributed by atoms with van der Waals surface area (Å²) in [5, 5.41) is 0.834. The molecule has 0 saturated heterocycles. The van der Waals surface area contributed by atoms with Gasteiger partial charge in [0.1, 0.15) is 0 Å². The number of thiophene rings is 1. The molecule has 0 spiro atoms. The normalized spacial score (nSPS) is 11.0. The average molecular weight is 327 g/mol. The molecule has 1 aromatic heterocycles. The first-order valence-electron chi connectivity index (χ1n) is 3.65. The number of hydrogen-bond donors (Lipinski definition) is 0. The molecule has 13 heavy (non-hydrogen) atoms. The molecule has 2 aromatic rings. The van der Waals surface area contributed by atoms with Gasteiger partial charge in [0.25, 0.3) is 0 Å². The van der Waals surface area contributed by atoms with Crippen LogP contribution in [-0.2, 0) is 5.88 Å². The molecule has 0 amide bonds. The van der Waals surface area contributed by atoms with Crippen LogP contribution >= 0.6 is 45.5 Å². The van der Waals surface area contributed by atoms with Crippen molar-refractivity contribution in [1.29, 1.82) is 0 Å². The summed E-state index contributed by atoms with van der Waals surface area (Å²) in [4.78, 5) is 0. The van der Waals surface area contributed by atoms with Crippen molar-refractivity contribution in [1.82, 2.24) is 0 Å². The lowest BCUT2D eigenvalue weighted by atomic mass is 10.2. The Labute approximate surface area is 97.8 Å². The minimum atomic E-state index is -0.139. The number of benzene rings is 1. The van der Waals surface area contributed by atoms with Gasteiger partial charge in [-0.25, -0.2) is 0 Å². The quantitative estimate of drug-likeness (QED) is 0.539. The van der Waals surface area contributed by atoms with Crippen LogP contribution in [0, 0.1) is 8.70 Å². The molecule has 0 saturated carbocycles. The van der Waals surface area contributed by atoms with Crippen molar-refractivity contribution in [3.8, 4) is 0 Å². The van der Waals surface area contributed by atoms with Crippen molar-refractivity contribution in [3.05, 3.63) is 32.5 Å². The van der Waals surface area contributed by atoms with Gasteiger partial charge in [-0.2, -0.15) is 4.39 Å². The highest BCUT2D eigenvalue weighted by Gasteiger charge is 2.07. The van der Waals surface area contributed by atoms with E-state index in [9.17, 15) is 4.39 Å². The highest BCUT2D eigenvalue weighted by Crippen LogP contribution is 2.30. The van der Waals surface area contributed by atoms with Crippen molar-refractivity contribution in [2.24, 2.45) is 0 Å². The van der Waals surface area contributed by atoms with Gasteiger partial charge in [0.05, 0.1) is 0 Å². The lowest BCUT2D eigenvalue weighted by Crippen LogP contribution is -1.83. The zero-order valence-corrected chi connectivity index (χ0v) is 10.2. The van der Waals surface area contributed by atoms with Crippen molar-refractivity contribution in [2.75, 3.05) is 0 Å². The second kappa shape index (κ2) is 3.71. The highest BCUT2D eigenvalue weighted by atomic mass is 127. The maximum Gasteiger partial charge on any atom is 0.177 e. The minimum Gasteiger partial charge on any atom is -0.195 e. The van der Waals surface area contributed by atoms with E-state index in [1.807, 2.05) is 12.1 Å². The van der Waals surface area contributed by atoms with Crippen LogP contribution in [0.15, 0.2) is 18.2 Å². The van der Waals surface area contributed by atoms with Gasteiger partial charge in [-0.3, -0.25) is 0 Å². The molecule has 0 aliphatic carbocycles. The molecule has 0 radical (unpaired) electrons. The van der Waals surface area contributed by atoms with E-state index in [1.165, 1.54) is 11.3 Å². The van der Waals surface area contributed by atoms with Gasteiger partial charge in [0, 0.05) is 19.5 Å².